The van der Waals surface area contributed by atoms with Crippen LogP contribution in [-0.2, 0) is 0 Å². The lowest BCUT2D eigenvalue weighted by atomic mass is 9.99. The van der Waals surface area contributed by atoms with E-state index < -0.39 is 0 Å². The Morgan fingerprint density at radius 3 is 3.00 bits per heavy atom. The average Bonchev–Trinajstić information content (AvgIpc) is 2.24. The Morgan fingerprint density at radius 2 is 2.29 bits per heavy atom. The van der Waals surface area contributed by atoms with Crippen LogP contribution in [0.3, 0.4) is 0 Å². The van der Waals surface area contributed by atoms with Gasteiger partial charge in [-0.1, -0.05) is 12.3 Å². The smallest absolute Gasteiger partial charge is 0.0603 e. The van der Waals surface area contributed by atoms with Crippen LogP contribution in [0.4, 0.5) is 0 Å². The molecule has 1 aliphatic rings. The van der Waals surface area contributed by atoms with Gasteiger partial charge in [0.1, 0.15) is 0 Å². The van der Waals surface area contributed by atoms with Crippen LogP contribution in [0.1, 0.15) is 32.6 Å². The fraction of sp³-hybridized carbons (Fsp3) is 0.833. The molecular formula is C12H22N2. The highest BCUT2D eigenvalue weighted by atomic mass is 15.2. The van der Waals surface area contributed by atoms with E-state index in [2.05, 4.69) is 22.1 Å². The largest absolute Gasteiger partial charge is 0.320 e. The zero-order valence-electron chi connectivity index (χ0n) is 9.47. The molecule has 1 rings (SSSR count). The molecular weight excluding hydrogens is 172 g/mol. The molecule has 0 aliphatic carbocycles. The van der Waals surface area contributed by atoms with Gasteiger partial charge in [-0.2, -0.15) is 0 Å². The van der Waals surface area contributed by atoms with Gasteiger partial charge >= 0.3 is 0 Å². The van der Waals surface area contributed by atoms with Crippen LogP contribution in [0.15, 0.2) is 0 Å². The lowest BCUT2D eigenvalue weighted by Crippen LogP contribution is -2.41. The maximum atomic E-state index is 3.23. The first-order valence-corrected chi connectivity index (χ1v) is 5.66. The van der Waals surface area contributed by atoms with Crippen LogP contribution in [-0.4, -0.2) is 37.6 Å². The fourth-order valence-corrected chi connectivity index (χ4v) is 2.09. The molecule has 2 heteroatoms. The van der Waals surface area contributed by atoms with E-state index in [1.165, 1.54) is 32.2 Å². The minimum atomic E-state index is 0.761. The molecule has 0 saturated carbocycles. The third kappa shape index (κ3) is 3.69. The molecule has 0 radical (unpaired) electrons. The lowest BCUT2D eigenvalue weighted by molar-refractivity contribution is 0.159. The van der Waals surface area contributed by atoms with Crippen LogP contribution in [0.25, 0.3) is 0 Å². The Kier molecular flexibility index (Phi) is 5.66. The molecule has 0 spiro atoms. The maximum Gasteiger partial charge on any atom is 0.0603 e. The van der Waals surface area contributed by atoms with E-state index in [0.29, 0.717) is 0 Å². The molecule has 0 aromatic rings. The van der Waals surface area contributed by atoms with Crippen molar-refractivity contribution in [2.45, 2.75) is 38.6 Å². The Morgan fingerprint density at radius 1 is 1.43 bits per heavy atom. The predicted molar refractivity (Wildman–Crippen MR) is 61.2 cm³/mol. The van der Waals surface area contributed by atoms with Crippen LogP contribution >= 0.6 is 0 Å². The Balaban J connectivity index is 2.36. The van der Waals surface area contributed by atoms with Crippen LogP contribution in [0.5, 0.6) is 0 Å². The highest BCUT2D eigenvalue weighted by Crippen LogP contribution is 2.18. The Labute approximate surface area is 88.1 Å². The molecule has 1 fully saturated rings. The molecule has 0 bridgehead atoms. The van der Waals surface area contributed by atoms with E-state index in [4.69, 9.17) is 0 Å². The molecule has 2 nitrogen and oxygen atoms in total. The summed E-state index contributed by atoms with van der Waals surface area (Å²) in [6.45, 7) is 5.25. The second-order valence-electron chi connectivity index (χ2n) is 3.94. The standard InChI is InChI=1S/C12H22N2/c1-3-4-10-14-11-6-5-7-12(14)8-9-13-2/h12-13H,5-11H2,1-2H3. The van der Waals surface area contributed by atoms with Gasteiger partial charge in [-0.15, -0.1) is 5.92 Å². The molecule has 0 aromatic heterocycles. The van der Waals surface area contributed by atoms with E-state index in [-0.39, 0.29) is 0 Å². The van der Waals surface area contributed by atoms with Gasteiger partial charge in [-0.3, -0.25) is 4.90 Å². The zero-order valence-corrected chi connectivity index (χ0v) is 9.47. The molecule has 1 heterocycles. The first-order chi connectivity index (χ1) is 6.88. The predicted octanol–water partition coefficient (Wildman–Crippen LogP) is 1.47. The number of hydrogen-bond acceptors (Lipinski definition) is 2. The number of nitrogens with one attached hydrogen (secondary N) is 1. The van der Waals surface area contributed by atoms with Gasteiger partial charge in [-0.25, -0.2) is 0 Å². The van der Waals surface area contributed by atoms with E-state index in [9.17, 15) is 0 Å². The third-order valence-corrected chi connectivity index (χ3v) is 2.94. The summed E-state index contributed by atoms with van der Waals surface area (Å²) in [5.41, 5.74) is 0. The Bertz CT molecular complexity index is 202. The van der Waals surface area contributed by atoms with Crippen molar-refractivity contribution in [2.24, 2.45) is 0 Å². The van der Waals surface area contributed by atoms with E-state index >= 15 is 0 Å². The molecule has 1 saturated heterocycles. The average molecular weight is 194 g/mol. The normalized spacial score (nSPS) is 22.9. The van der Waals surface area contributed by atoms with E-state index in [1.54, 1.807) is 0 Å². The van der Waals surface area contributed by atoms with Gasteiger partial charge in [0, 0.05) is 6.04 Å². The number of nitrogens with zero attached hydrogens (tertiary/aromatic N) is 1. The topological polar surface area (TPSA) is 15.3 Å². The minimum absolute atomic E-state index is 0.761. The summed E-state index contributed by atoms with van der Waals surface area (Å²) in [6.07, 6.45) is 5.36. The summed E-state index contributed by atoms with van der Waals surface area (Å²) in [6, 6.07) is 0.761. The second kappa shape index (κ2) is 6.86. The summed E-state index contributed by atoms with van der Waals surface area (Å²) in [5.74, 6) is 6.16. The van der Waals surface area contributed by atoms with Crippen molar-refractivity contribution < 1.29 is 0 Å². The van der Waals surface area contributed by atoms with Gasteiger partial charge in [0.15, 0.2) is 0 Å². The molecule has 14 heavy (non-hydrogen) atoms. The van der Waals surface area contributed by atoms with Crippen LogP contribution in [0.2, 0.25) is 0 Å². The van der Waals surface area contributed by atoms with Gasteiger partial charge in [-0.05, 0) is 46.3 Å². The number of hydrogen-bond donors (Lipinski definition) is 1. The van der Waals surface area contributed by atoms with Crippen molar-refractivity contribution in [3.8, 4) is 11.8 Å². The molecule has 1 N–H and O–H groups in total. The molecule has 0 aromatic carbocycles. The second-order valence-corrected chi connectivity index (χ2v) is 3.94. The summed E-state index contributed by atoms with van der Waals surface area (Å²) in [5, 5.41) is 3.23. The van der Waals surface area contributed by atoms with Crippen LogP contribution < -0.4 is 5.32 Å². The summed E-state index contributed by atoms with van der Waals surface area (Å²) < 4.78 is 0. The van der Waals surface area contributed by atoms with Crippen molar-refractivity contribution in [1.29, 1.82) is 0 Å². The van der Waals surface area contributed by atoms with Gasteiger partial charge in [0.25, 0.3) is 0 Å². The Hall–Kier alpha value is -0.520. The van der Waals surface area contributed by atoms with Gasteiger partial charge in [0.05, 0.1) is 6.54 Å². The van der Waals surface area contributed by atoms with Crippen molar-refractivity contribution in [3.05, 3.63) is 0 Å². The summed E-state index contributed by atoms with van der Waals surface area (Å²) in [4.78, 5) is 2.54. The van der Waals surface area contributed by atoms with Crippen molar-refractivity contribution in [1.82, 2.24) is 10.2 Å². The SMILES string of the molecule is CC#CCN1CCCCC1CCNC. The highest BCUT2D eigenvalue weighted by Gasteiger charge is 2.20. The highest BCUT2D eigenvalue weighted by molar-refractivity contribution is 4.99. The number of likely N-dealkylation sites (tertiary alicyclic amines) is 1. The van der Waals surface area contributed by atoms with E-state index in [1.807, 2.05) is 14.0 Å². The van der Waals surface area contributed by atoms with Gasteiger partial charge in [0.2, 0.25) is 0 Å². The van der Waals surface area contributed by atoms with Crippen molar-refractivity contribution in [3.63, 3.8) is 0 Å². The van der Waals surface area contributed by atoms with Gasteiger partial charge < -0.3 is 5.32 Å². The number of piperidine rings is 1. The zero-order chi connectivity index (χ0) is 10.2. The minimum Gasteiger partial charge on any atom is -0.320 e. The summed E-state index contributed by atoms with van der Waals surface area (Å²) in [7, 11) is 2.03. The first-order valence-electron chi connectivity index (χ1n) is 5.66. The molecule has 1 unspecified atom stereocenters. The van der Waals surface area contributed by atoms with Crippen molar-refractivity contribution in [2.75, 3.05) is 26.7 Å². The third-order valence-electron chi connectivity index (χ3n) is 2.94. The van der Waals surface area contributed by atoms with Crippen molar-refractivity contribution >= 4 is 0 Å². The van der Waals surface area contributed by atoms with Crippen LogP contribution in [0, 0.1) is 11.8 Å². The fourth-order valence-electron chi connectivity index (χ4n) is 2.09. The first kappa shape index (κ1) is 11.6. The van der Waals surface area contributed by atoms with E-state index in [0.717, 1.165) is 19.1 Å². The summed E-state index contributed by atoms with van der Waals surface area (Å²) >= 11 is 0. The lowest BCUT2D eigenvalue weighted by Gasteiger charge is -2.34. The number of rotatable bonds is 4. The quantitative estimate of drug-likeness (QED) is 0.682. The maximum absolute atomic E-state index is 3.23. The molecule has 0 amide bonds. The molecule has 1 atom stereocenters. The molecule has 1 aliphatic heterocycles. The monoisotopic (exact) mass is 194 g/mol. The molecule has 80 valence electrons.